The maximum Gasteiger partial charge on any atom is 0.0834 e. The van der Waals surface area contributed by atoms with Crippen LogP contribution in [0, 0.1) is 9.02 Å². The molecule has 0 aliphatic carbocycles. The van der Waals surface area contributed by atoms with E-state index >= 15 is 0 Å². The summed E-state index contributed by atoms with van der Waals surface area (Å²) in [5.74, 6) is 1.18. The van der Waals surface area contributed by atoms with Gasteiger partial charge in [-0.05, 0) is 18.4 Å². The molecule has 0 aliphatic rings. The lowest BCUT2D eigenvalue weighted by Gasteiger charge is -2.22. The summed E-state index contributed by atoms with van der Waals surface area (Å²) in [4.78, 5) is 2.02. The van der Waals surface area contributed by atoms with E-state index in [9.17, 15) is 0 Å². The first-order chi connectivity index (χ1) is 7.09. The Hall–Kier alpha value is -0.130. The highest BCUT2D eigenvalue weighted by Crippen LogP contribution is 2.34. The largest absolute Gasteiger partial charge is 0.382 e. The van der Waals surface area contributed by atoms with Gasteiger partial charge in [-0.25, -0.2) is 0 Å². The monoisotopic (exact) mass is 260 g/mol. The zero-order valence-corrected chi connectivity index (χ0v) is 11.7. The molecule has 15 heavy (non-hydrogen) atoms. The summed E-state index contributed by atoms with van der Waals surface area (Å²) in [6.45, 7) is 0.969. The van der Waals surface area contributed by atoms with Crippen LogP contribution in [0.4, 0.5) is 11.4 Å². The summed E-state index contributed by atoms with van der Waals surface area (Å²) in [5, 5.41) is 3.36. The highest BCUT2D eigenvalue weighted by atomic mass is 32.2. The average Bonchev–Trinajstić information content (AvgIpc) is 2.20. The molecule has 5 heteroatoms. The lowest BCUT2D eigenvalue weighted by Crippen LogP contribution is -2.16. The van der Waals surface area contributed by atoms with Crippen molar-refractivity contribution < 1.29 is 0 Å². The van der Waals surface area contributed by atoms with Crippen molar-refractivity contribution in [3.63, 3.8) is 0 Å². The fourth-order valence-corrected chi connectivity index (χ4v) is 2.49. The van der Waals surface area contributed by atoms with Crippen LogP contribution in [0.2, 0.25) is 0 Å². The Morgan fingerprint density at radius 1 is 1.27 bits per heavy atom. The van der Waals surface area contributed by atoms with Crippen molar-refractivity contribution in [3.05, 3.63) is 9.02 Å². The second kappa shape index (κ2) is 5.82. The quantitative estimate of drug-likeness (QED) is 0.622. The van der Waals surface area contributed by atoms with E-state index in [1.54, 1.807) is 0 Å². The highest BCUT2D eigenvalue weighted by Gasteiger charge is 2.15. The van der Waals surface area contributed by atoms with E-state index < -0.39 is 0 Å². The van der Waals surface area contributed by atoms with Crippen molar-refractivity contribution in [1.29, 1.82) is 0 Å². The smallest absolute Gasteiger partial charge is 0.0834 e. The minimum absolute atomic E-state index is 0.817. The molecule has 1 aromatic carbocycles. The third-order valence-electron chi connectivity index (χ3n) is 2.16. The van der Waals surface area contributed by atoms with Gasteiger partial charge in [0.05, 0.1) is 20.4 Å². The van der Waals surface area contributed by atoms with Crippen molar-refractivity contribution in [3.8, 4) is 0 Å². The lowest BCUT2D eigenvalue weighted by atomic mass is 10.2. The molecule has 0 spiro atoms. The topological polar surface area (TPSA) is 15.3 Å². The summed E-state index contributed by atoms with van der Waals surface area (Å²) in [5.41, 5.74) is 2.14. The fourth-order valence-electron chi connectivity index (χ4n) is 1.40. The average molecular weight is 260 g/mol. The van der Waals surface area contributed by atoms with Gasteiger partial charge in [0.1, 0.15) is 0 Å². The number of thioether (sulfide) groups is 1. The van der Waals surface area contributed by atoms with Crippen LogP contribution >= 0.6 is 36.2 Å². The molecule has 0 aliphatic heterocycles. The third kappa shape index (κ3) is 2.92. The van der Waals surface area contributed by atoms with Crippen molar-refractivity contribution in [2.45, 2.75) is 6.42 Å². The van der Waals surface area contributed by atoms with Crippen LogP contribution in [0.3, 0.4) is 0 Å². The normalized spacial score (nSPS) is 10.6. The van der Waals surface area contributed by atoms with Gasteiger partial charge < -0.3 is 10.2 Å². The number of hydrogen-bond acceptors (Lipinski definition) is 5. The van der Waals surface area contributed by atoms with Gasteiger partial charge in [0.15, 0.2) is 0 Å². The molecule has 0 saturated carbocycles. The van der Waals surface area contributed by atoms with E-state index in [0.29, 0.717) is 0 Å². The second-order valence-electron chi connectivity index (χ2n) is 3.55. The number of nitrogens with one attached hydrogen (secondary N) is 1. The third-order valence-corrected chi connectivity index (χ3v) is 3.79. The molecule has 0 saturated heterocycles. The fraction of sp³-hybridized carbons (Fsp3) is 0.600. The predicted molar refractivity (Wildman–Crippen MR) is 76.3 cm³/mol. The molecule has 1 N–H and O–H groups in total. The molecule has 0 fully saturated rings. The van der Waals surface area contributed by atoms with Crippen LogP contribution in [0.15, 0.2) is 0 Å². The Bertz CT molecular complexity index is 391. The maximum atomic E-state index is 5.21. The molecule has 0 radical (unpaired) electrons. The van der Waals surface area contributed by atoms with E-state index in [2.05, 4.69) is 11.6 Å². The van der Waals surface area contributed by atoms with E-state index in [0.717, 1.165) is 33.4 Å². The van der Waals surface area contributed by atoms with Crippen molar-refractivity contribution >= 4 is 47.6 Å². The Balaban J connectivity index is 2.58. The second-order valence-corrected chi connectivity index (χ2v) is 5.35. The predicted octanol–water partition coefficient (Wildman–Crippen LogP) is 3.25. The van der Waals surface area contributed by atoms with Crippen molar-refractivity contribution in [2.75, 3.05) is 42.9 Å². The maximum absolute atomic E-state index is 5.21. The molecular weight excluding hydrogens is 244 g/mol. The summed E-state index contributed by atoms with van der Waals surface area (Å²) in [7, 11) is 3.99. The summed E-state index contributed by atoms with van der Waals surface area (Å²) in [6.07, 6.45) is 3.27. The van der Waals surface area contributed by atoms with Crippen LogP contribution in [0.5, 0.6) is 0 Å². The van der Waals surface area contributed by atoms with Gasteiger partial charge in [-0.1, -0.05) is 24.4 Å². The SMILES string of the molecule is CSCCCNc1c(N(C)C)c(=S)c1=S. The zero-order chi connectivity index (χ0) is 11.4. The van der Waals surface area contributed by atoms with E-state index in [1.807, 2.05) is 30.8 Å². The van der Waals surface area contributed by atoms with Crippen LogP contribution in [-0.2, 0) is 0 Å². The number of nitrogens with zero attached hydrogens (tertiary/aromatic N) is 1. The van der Waals surface area contributed by atoms with Gasteiger partial charge in [0, 0.05) is 20.6 Å². The summed E-state index contributed by atoms with van der Waals surface area (Å²) >= 11 is 12.3. The molecular formula is C10H16N2S3. The molecule has 1 rings (SSSR count). The van der Waals surface area contributed by atoms with Crippen LogP contribution in [-0.4, -0.2) is 32.6 Å². The zero-order valence-electron chi connectivity index (χ0n) is 9.29. The van der Waals surface area contributed by atoms with E-state index in [1.165, 1.54) is 5.75 Å². The van der Waals surface area contributed by atoms with Crippen LogP contribution in [0.1, 0.15) is 6.42 Å². The van der Waals surface area contributed by atoms with Crippen molar-refractivity contribution in [1.82, 2.24) is 0 Å². The molecule has 0 unspecified atom stereocenters. The number of anilines is 2. The molecule has 1 aromatic rings. The van der Waals surface area contributed by atoms with Gasteiger partial charge in [0.25, 0.3) is 0 Å². The number of hydrogen-bond donors (Lipinski definition) is 1. The number of rotatable bonds is 6. The first-order valence-corrected chi connectivity index (χ1v) is 7.04. The Kier molecular flexibility index (Phi) is 5.02. The Labute approximate surface area is 106 Å². The Morgan fingerprint density at radius 3 is 2.47 bits per heavy atom. The van der Waals surface area contributed by atoms with Gasteiger partial charge >= 0.3 is 0 Å². The molecule has 0 atom stereocenters. The Morgan fingerprint density at radius 2 is 1.93 bits per heavy atom. The summed E-state index contributed by atoms with van der Waals surface area (Å²) < 4.78 is 1.64. The first kappa shape index (κ1) is 12.9. The van der Waals surface area contributed by atoms with Gasteiger partial charge in [-0.2, -0.15) is 11.8 Å². The summed E-state index contributed by atoms with van der Waals surface area (Å²) in [6, 6.07) is 0. The van der Waals surface area contributed by atoms with Gasteiger partial charge in [0.2, 0.25) is 0 Å². The minimum Gasteiger partial charge on any atom is -0.382 e. The van der Waals surface area contributed by atoms with Crippen LogP contribution in [0.25, 0.3) is 0 Å². The van der Waals surface area contributed by atoms with Gasteiger partial charge in [-0.3, -0.25) is 0 Å². The molecule has 0 aromatic heterocycles. The molecule has 0 amide bonds. The van der Waals surface area contributed by atoms with E-state index in [4.69, 9.17) is 24.4 Å². The van der Waals surface area contributed by atoms with E-state index in [-0.39, 0.29) is 0 Å². The first-order valence-electron chi connectivity index (χ1n) is 4.83. The minimum atomic E-state index is 0.817. The molecule has 2 nitrogen and oxygen atoms in total. The highest BCUT2D eigenvalue weighted by molar-refractivity contribution is 7.98. The molecule has 0 bridgehead atoms. The van der Waals surface area contributed by atoms with Crippen LogP contribution < -0.4 is 10.2 Å². The van der Waals surface area contributed by atoms with Gasteiger partial charge in [-0.15, -0.1) is 0 Å². The van der Waals surface area contributed by atoms with Crippen molar-refractivity contribution in [2.24, 2.45) is 0 Å². The standard InChI is InChI=1S/C10H16N2S3/c1-12(2)8-7(9(13)10(8)14)11-5-4-6-15-3/h11H,4-6H2,1-3H3. The lowest BCUT2D eigenvalue weighted by molar-refractivity contribution is 0.984. The molecule has 84 valence electrons. The molecule has 0 heterocycles.